The Bertz CT molecular complexity index is 776. The zero-order valence-electron chi connectivity index (χ0n) is 16.7. The monoisotopic (exact) mass is 400 g/mol. The van der Waals surface area contributed by atoms with Gasteiger partial charge in [-0.15, -0.1) is 11.8 Å². The maximum Gasteiger partial charge on any atom is 0.250 e. The summed E-state index contributed by atoms with van der Waals surface area (Å²) in [5, 5.41) is 4.03. The first kappa shape index (κ1) is 21.8. The second-order valence-electron chi connectivity index (χ2n) is 6.36. The molecule has 0 atom stereocenters. The van der Waals surface area contributed by atoms with E-state index in [-0.39, 0.29) is 5.91 Å². The van der Waals surface area contributed by atoms with E-state index in [0.717, 1.165) is 29.7 Å². The Hall–Kier alpha value is -2.47. The molecule has 0 fully saturated rings. The number of benzene rings is 2. The normalized spacial score (nSPS) is 10.8. The maximum absolute atomic E-state index is 11.9. The molecule has 0 aliphatic rings. The second-order valence-corrected chi connectivity index (χ2v) is 7.41. The predicted molar refractivity (Wildman–Crippen MR) is 116 cm³/mol. The van der Waals surface area contributed by atoms with Gasteiger partial charge in [0.1, 0.15) is 0 Å². The van der Waals surface area contributed by atoms with Crippen LogP contribution in [0.15, 0.2) is 52.5 Å². The van der Waals surface area contributed by atoms with Crippen LogP contribution in [0.5, 0.6) is 11.5 Å². The minimum absolute atomic E-state index is 0.148. The number of aryl methyl sites for hydroxylation is 1. The first-order valence-corrected chi connectivity index (χ1v) is 10.4. The van der Waals surface area contributed by atoms with Crippen LogP contribution in [0.2, 0.25) is 0 Å². The number of carbonyl (C=O) groups excluding carboxylic acids is 1. The van der Waals surface area contributed by atoms with Crippen LogP contribution in [-0.2, 0) is 4.79 Å². The molecule has 0 unspecified atom stereocenters. The fourth-order valence-electron chi connectivity index (χ4n) is 2.41. The van der Waals surface area contributed by atoms with Gasteiger partial charge in [0.15, 0.2) is 11.5 Å². The first-order chi connectivity index (χ1) is 13.6. The van der Waals surface area contributed by atoms with Gasteiger partial charge in [-0.2, -0.15) is 5.10 Å². The number of methoxy groups -OCH3 is 1. The molecule has 0 heterocycles. The van der Waals surface area contributed by atoms with Crippen LogP contribution in [0.3, 0.4) is 0 Å². The summed E-state index contributed by atoms with van der Waals surface area (Å²) >= 11 is 1.48. The Labute approximate surface area is 171 Å². The van der Waals surface area contributed by atoms with Gasteiger partial charge in [0.2, 0.25) is 5.91 Å². The lowest BCUT2D eigenvalue weighted by Gasteiger charge is -2.11. The fourth-order valence-corrected chi connectivity index (χ4v) is 3.10. The third-order valence-electron chi connectivity index (χ3n) is 3.99. The van der Waals surface area contributed by atoms with Crippen molar-refractivity contribution < 1.29 is 14.3 Å². The average Bonchev–Trinajstić information content (AvgIpc) is 2.71. The standard InChI is InChI=1S/C22H28N2O3S/c1-4-5-6-13-27-20-12-9-18(14-21(20)26-3)15-23-24-22(25)16-28-19-10-7-17(2)8-11-19/h7-12,14-15H,4-6,13,16H2,1-3H3,(H,24,25)/b23-15+. The molecule has 1 N–H and O–H groups in total. The average molecular weight is 401 g/mol. The van der Waals surface area contributed by atoms with Gasteiger partial charge in [-0.1, -0.05) is 37.5 Å². The zero-order chi connectivity index (χ0) is 20.2. The van der Waals surface area contributed by atoms with Gasteiger partial charge in [0, 0.05) is 4.90 Å². The Balaban J connectivity index is 1.82. The molecule has 2 aromatic carbocycles. The number of hydrogen-bond acceptors (Lipinski definition) is 5. The molecule has 1 amide bonds. The largest absolute Gasteiger partial charge is 0.493 e. The summed E-state index contributed by atoms with van der Waals surface area (Å²) in [6.07, 6.45) is 4.92. The van der Waals surface area contributed by atoms with Gasteiger partial charge in [-0.3, -0.25) is 4.79 Å². The Morgan fingerprint density at radius 1 is 1.14 bits per heavy atom. The van der Waals surface area contributed by atoms with Crippen molar-refractivity contribution in [2.24, 2.45) is 5.10 Å². The van der Waals surface area contributed by atoms with E-state index < -0.39 is 0 Å². The van der Waals surface area contributed by atoms with E-state index in [1.165, 1.54) is 17.3 Å². The quantitative estimate of drug-likeness (QED) is 0.254. The molecular formula is C22H28N2O3S. The van der Waals surface area contributed by atoms with Crippen molar-refractivity contribution in [2.75, 3.05) is 19.5 Å². The summed E-state index contributed by atoms with van der Waals surface area (Å²) in [6, 6.07) is 13.7. The Morgan fingerprint density at radius 2 is 1.93 bits per heavy atom. The highest BCUT2D eigenvalue weighted by molar-refractivity contribution is 8.00. The lowest BCUT2D eigenvalue weighted by Crippen LogP contribution is -2.19. The summed E-state index contributed by atoms with van der Waals surface area (Å²) in [5.41, 5.74) is 4.57. The van der Waals surface area contributed by atoms with Gasteiger partial charge in [-0.05, 0) is 49.2 Å². The molecule has 0 aromatic heterocycles. The third-order valence-corrected chi connectivity index (χ3v) is 5.00. The molecule has 0 bridgehead atoms. The number of rotatable bonds is 11. The van der Waals surface area contributed by atoms with Gasteiger partial charge < -0.3 is 9.47 Å². The second kappa shape index (κ2) is 12.1. The molecule has 0 aliphatic carbocycles. The van der Waals surface area contributed by atoms with Gasteiger partial charge in [0.25, 0.3) is 0 Å². The zero-order valence-corrected chi connectivity index (χ0v) is 17.6. The van der Waals surface area contributed by atoms with E-state index in [9.17, 15) is 4.79 Å². The molecule has 5 nitrogen and oxygen atoms in total. The van der Waals surface area contributed by atoms with Crippen molar-refractivity contribution >= 4 is 23.9 Å². The number of amides is 1. The van der Waals surface area contributed by atoms with E-state index in [4.69, 9.17) is 9.47 Å². The summed E-state index contributed by atoms with van der Waals surface area (Å²) in [5.74, 6) is 1.54. The number of thioether (sulfide) groups is 1. The molecule has 2 rings (SSSR count). The molecule has 0 spiro atoms. The van der Waals surface area contributed by atoms with E-state index in [1.807, 2.05) is 49.4 Å². The number of nitrogens with one attached hydrogen (secondary N) is 1. The van der Waals surface area contributed by atoms with Crippen LogP contribution in [0.1, 0.15) is 37.3 Å². The highest BCUT2D eigenvalue weighted by atomic mass is 32.2. The van der Waals surface area contributed by atoms with Gasteiger partial charge in [0.05, 0.1) is 25.7 Å². The predicted octanol–water partition coefficient (Wildman–Crippen LogP) is 4.82. The van der Waals surface area contributed by atoms with Gasteiger partial charge >= 0.3 is 0 Å². The minimum atomic E-state index is -0.148. The van der Waals surface area contributed by atoms with Crippen molar-refractivity contribution in [2.45, 2.75) is 38.0 Å². The van der Waals surface area contributed by atoms with Gasteiger partial charge in [-0.25, -0.2) is 5.43 Å². The summed E-state index contributed by atoms with van der Waals surface area (Å²) in [7, 11) is 1.61. The topological polar surface area (TPSA) is 59.9 Å². The lowest BCUT2D eigenvalue weighted by molar-refractivity contribution is -0.118. The van der Waals surface area contributed by atoms with Crippen LogP contribution in [0.25, 0.3) is 0 Å². The van der Waals surface area contributed by atoms with E-state index in [0.29, 0.717) is 23.9 Å². The lowest BCUT2D eigenvalue weighted by atomic mass is 10.2. The number of unbranched alkanes of at least 4 members (excludes halogenated alkanes) is 2. The summed E-state index contributed by atoms with van der Waals surface area (Å²) < 4.78 is 11.2. The van der Waals surface area contributed by atoms with E-state index in [2.05, 4.69) is 17.5 Å². The number of nitrogens with zero attached hydrogens (tertiary/aromatic N) is 1. The molecule has 6 heteroatoms. The number of hydrogen-bond donors (Lipinski definition) is 1. The minimum Gasteiger partial charge on any atom is -0.493 e. The molecule has 0 saturated carbocycles. The van der Waals surface area contributed by atoms with Crippen LogP contribution in [-0.4, -0.2) is 31.6 Å². The van der Waals surface area contributed by atoms with Crippen molar-refractivity contribution in [1.29, 1.82) is 0 Å². The van der Waals surface area contributed by atoms with E-state index in [1.54, 1.807) is 13.3 Å². The number of hydrazone groups is 1. The summed E-state index contributed by atoms with van der Waals surface area (Å²) in [6.45, 7) is 4.87. The van der Waals surface area contributed by atoms with Crippen LogP contribution >= 0.6 is 11.8 Å². The van der Waals surface area contributed by atoms with Crippen LogP contribution < -0.4 is 14.9 Å². The highest BCUT2D eigenvalue weighted by Crippen LogP contribution is 2.27. The SMILES string of the molecule is CCCCCOc1ccc(/C=N/NC(=O)CSc2ccc(C)cc2)cc1OC. The van der Waals surface area contributed by atoms with Crippen molar-refractivity contribution in [3.8, 4) is 11.5 Å². The molecule has 150 valence electrons. The smallest absolute Gasteiger partial charge is 0.250 e. The highest BCUT2D eigenvalue weighted by Gasteiger charge is 2.05. The molecule has 2 aromatic rings. The first-order valence-electron chi connectivity index (χ1n) is 9.44. The Morgan fingerprint density at radius 3 is 2.64 bits per heavy atom. The Kier molecular flexibility index (Phi) is 9.42. The maximum atomic E-state index is 11.9. The molecule has 0 radical (unpaired) electrons. The van der Waals surface area contributed by atoms with Crippen molar-refractivity contribution in [1.82, 2.24) is 5.43 Å². The van der Waals surface area contributed by atoms with Crippen LogP contribution in [0, 0.1) is 6.92 Å². The number of ether oxygens (including phenoxy) is 2. The molecule has 28 heavy (non-hydrogen) atoms. The van der Waals surface area contributed by atoms with Crippen molar-refractivity contribution in [3.63, 3.8) is 0 Å². The molecule has 0 saturated heterocycles. The fraction of sp³-hybridized carbons (Fsp3) is 0.364. The number of carbonyl (C=O) groups is 1. The van der Waals surface area contributed by atoms with Crippen molar-refractivity contribution in [3.05, 3.63) is 53.6 Å². The third kappa shape index (κ3) is 7.64. The van der Waals surface area contributed by atoms with E-state index >= 15 is 0 Å². The summed E-state index contributed by atoms with van der Waals surface area (Å²) in [4.78, 5) is 13.0. The van der Waals surface area contributed by atoms with Crippen LogP contribution in [0.4, 0.5) is 0 Å². The molecular weight excluding hydrogens is 372 g/mol. The molecule has 0 aliphatic heterocycles.